The molecule has 0 spiro atoms. The van der Waals surface area contributed by atoms with Crippen molar-refractivity contribution >= 4 is 28.7 Å². The topological polar surface area (TPSA) is 79.5 Å². The van der Waals surface area contributed by atoms with Crippen molar-refractivity contribution in [3.63, 3.8) is 0 Å². The number of alkyl halides is 3. The van der Waals surface area contributed by atoms with Gasteiger partial charge in [0.2, 0.25) is 0 Å². The normalized spacial score (nSPS) is 16.6. The molecule has 1 aliphatic heterocycles. The van der Waals surface area contributed by atoms with Crippen molar-refractivity contribution in [2.45, 2.75) is 25.6 Å². The van der Waals surface area contributed by atoms with Crippen LogP contribution in [-0.4, -0.2) is 39.1 Å². The Morgan fingerprint density at radius 3 is 2.84 bits per heavy atom. The third-order valence-electron chi connectivity index (χ3n) is 3.81. The molecule has 1 amide bonds. The molecule has 25 heavy (non-hydrogen) atoms. The largest absolute Gasteiger partial charge is 0.435 e. The van der Waals surface area contributed by atoms with Crippen molar-refractivity contribution in [3.8, 4) is 0 Å². The van der Waals surface area contributed by atoms with Crippen LogP contribution >= 0.6 is 0 Å². The summed E-state index contributed by atoms with van der Waals surface area (Å²) >= 11 is 0. The second-order valence-electron chi connectivity index (χ2n) is 5.54. The average molecular weight is 352 g/mol. The van der Waals surface area contributed by atoms with E-state index < -0.39 is 23.4 Å². The van der Waals surface area contributed by atoms with E-state index in [2.05, 4.69) is 10.1 Å². The number of hydrogen-bond acceptors (Lipinski definition) is 4. The number of hydrogen-bond donors (Lipinski definition) is 2. The van der Waals surface area contributed by atoms with Gasteiger partial charge in [0, 0.05) is 36.5 Å². The number of hydrazone groups is 1. The van der Waals surface area contributed by atoms with E-state index >= 15 is 0 Å². The van der Waals surface area contributed by atoms with E-state index in [1.54, 1.807) is 29.1 Å². The van der Waals surface area contributed by atoms with Crippen molar-refractivity contribution < 1.29 is 23.1 Å². The summed E-state index contributed by atoms with van der Waals surface area (Å²) in [7, 11) is 0. The van der Waals surface area contributed by atoms with Crippen LogP contribution in [-0.2, 0) is 11.3 Å². The summed E-state index contributed by atoms with van der Waals surface area (Å²) in [5, 5.41) is 12.6. The molecule has 6 nitrogen and oxygen atoms in total. The van der Waals surface area contributed by atoms with Crippen molar-refractivity contribution in [3.05, 3.63) is 35.7 Å². The number of aromatic nitrogens is 2. The van der Waals surface area contributed by atoms with E-state index in [0.717, 1.165) is 0 Å². The van der Waals surface area contributed by atoms with Crippen LogP contribution in [0.5, 0.6) is 0 Å². The number of rotatable bonds is 5. The van der Waals surface area contributed by atoms with E-state index in [9.17, 15) is 18.0 Å². The van der Waals surface area contributed by atoms with Gasteiger partial charge in [-0.15, -0.1) is 0 Å². The zero-order valence-electron chi connectivity index (χ0n) is 13.0. The van der Waals surface area contributed by atoms with Gasteiger partial charge in [0.15, 0.2) is 5.71 Å². The molecule has 0 aliphatic carbocycles. The molecule has 9 heteroatoms. The number of nitrogens with zero attached hydrogens (tertiary/aromatic N) is 3. The van der Waals surface area contributed by atoms with Gasteiger partial charge in [0.25, 0.3) is 5.91 Å². The molecule has 0 saturated carbocycles. The molecule has 0 aromatic carbocycles. The molecule has 132 valence electrons. The lowest BCUT2D eigenvalue weighted by atomic mass is 10.1. The SMILES string of the molecule is O=C1NN=C(C(F)(F)F)/C1=C\c1cn(CCCCO)c2ncccc12. The van der Waals surface area contributed by atoms with Gasteiger partial charge in [-0.1, -0.05) is 0 Å². The predicted molar refractivity (Wildman–Crippen MR) is 85.7 cm³/mol. The number of amides is 1. The lowest BCUT2D eigenvalue weighted by Crippen LogP contribution is -2.24. The van der Waals surface area contributed by atoms with Gasteiger partial charge in [-0.2, -0.15) is 18.3 Å². The molecular formula is C16H15F3N4O2. The van der Waals surface area contributed by atoms with Gasteiger partial charge in [0.1, 0.15) is 5.65 Å². The van der Waals surface area contributed by atoms with Crippen LogP contribution in [0.15, 0.2) is 35.2 Å². The third kappa shape index (κ3) is 3.41. The van der Waals surface area contributed by atoms with Gasteiger partial charge in [-0.05, 0) is 31.1 Å². The van der Waals surface area contributed by atoms with E-state index in [4.69, 9.17) is 5.11 Å². The first kappa shape index (κ1) is 17.2. The van der Waals surface area contributed by atoms with Crippen molar-refractivity contribution in [1.29, 1.82) is 0 Å². The quantitative estimate of drug-likeness (QED) is 0.640. The summed E-state index contributed by atoms with van der Waals surface area (Å²) in [5.41, 5.74) is 1.16. The fourth-order valence-electron chi connectivity index (χ4n) is 2.67. The maximum atomic E-state index is 13.0. The molecule has 1 aliphatic rings. The standard InChI is InChI=1S/C16H15F3N4O2/c17-16(18,19)13-12(15(25)22-21-13)8-10-9-23(6-1-2-7-24)14-11(10)4-3-5-20-14/h3-5,8-9,24H,1-2,6-7H2,(H,22,25)/b12-8+. The predicted octanol–water partition coefficient (Wildman–Crippen LogP) is 2.24. The highest BCUT2D eigenvalue weighted by atomic mass is 19.4. The zero-order chi connectivity index (χ0) is 18.0. The molecule has 2 N–H and O–H groups in total. The highest BCUT2D eigenvalue weighted by Gasteiger charge is 2.43. The Labute approximate surface area is 140 Å². The molecule has 0 radical (unpaired) electrons. The summed E-state index contributed by atoms with van der Waals surface area (Å²) in [4.78, 5) is 16.0. The van der Waals surface area contributed by atoms with Gasteiger partial charge in [-0.3, -0.25) is 4.79 Å². The number of unbranched alkanes of at least 4 members (excludes halogenated alkanes) is 1. The monoisotopic (exact) mass is 352 g/mol. The molecule has 0 unspecified atom stereocenters. The molecule has 2 aromatic rings. The minimum Gasteiger partial charge on any atom is -0.396 e. The second kappa shape index (κ2) is 6.67. The first-order chi connectivity index (χ1) is 11.9. The number of aryl methyl sites for hydroxylation is 1. The Morgan fingerprint density at radius 2 is 2.12 bits per heavy atom. The number of aliphatic hydroxyl groups excluding tert-OH is 1. The second-order valence-corrected chi connectivity index (χ2v) is 5.54. The van der Waals surface area contributed by atoms with Crippen molar-refractivity contribution in [2.75, 3.05) is 6.61 Å². The van der Waals surface area contributed by atoms with Crippen LogP contribution in [0.3, 0.4) is 0 Å². The number of fused-ring (bicyclic) bond motifs is 1. The highest BCUT2D eigenvalue weighted by Crippen LogP contribution is 2.28. The Balaban J connectivity index is 2.04. The van der Waals surface area contributed by atoms with E-state index in [1.165, 1.54) is 6.08 Å². The number of halogens is 3. The molecule has 2 aromatic heterocycles. The average Bonchev–Trinajstić information content (AvgIpc) is 3.10. The first-order valence-electron chi connectivity index (χ1n) is 7.64. The molecule has 3 rings (SSSR count). The Bertz CT molecular complexity index is 868. The molecular weight excluding hydrogens is 337 g/mol. The number of nitrogens with one attached hydrogen (secondary N) is 1. The minimum absolute atomic E-state index is 0.0646. The lowest BCUT2D eigenvalue weighted by molar-refractivity contribution is -0.116. The van der Waals surface area contributed by atoms with Crippen LogP contribution in [0.4, 0.5) is 13.2 Å². The molecule has 0 bridgehead atoms. The van der Waals surface area contributed by atoms with Crippen molar-refractivity contribution in [2.24, 2.45) is 5.10 Å². The maximum absolute atomic E-state index is 13.0. The van der Waals surface area contributed by atoms with E-state index in [0.29, 0.717) is 36.0 Å². The van der Waals surface area contributed by atoms with Crippen LogP contribution in [0.1, 0.15) is 18.4 Å². The smallest absolute Gasteiger partial charge is 0.396 e. The highest BCUT2D eigenvalue weighted by molar-refractivity contribution is 6.29. The fourth-order valence-corrected chi connectivity index (χ4v) is 2.67. The summed E-state index contributed by atoms with van der Waals surface area (Å²) in [5.74, 6) is -0.891. The zero-order valence-corrected chi connectivity index (χ0v) is 13.0. The fraction of sp³-hybridized carbons (Fsp3) is 0.312. The number of pyridine rings is 1. The van der Waals surface area contributed by atoms with Gasteiger partial charge < -0.3 is 9.67 Å². The molecule has 0 atom stereocenters. The maximum Gasteiger partial charge on any atom is 0.435 e. The Morgan fingerprint density at radius 1 is 1.32 bits per heavy atom. The van der Waals surface area contributed by atoms with E-state index in [-0.39, 0.29) is 6.61 Å². The molecule has 0 saturated heterocycles. The van der Waals surface area contributed by atoms with Crippen molar-refractivity contribution in [1.82, 2.24) is 15.0 Å². The number of aliphatic hydroxyl groups is 1. The number of carbonyl (C=O) groups is 1. The van der Waals surface area contributed by atoms with Crippen LogP contribution in [0.2, 0.25) is 0 Å². The summed E-state index contributed by atoms with van der Waals surface area (Å²) in [6.45, 7) is 0.624. The lowest BCUT2D eigenvalue weighted by Gasteiger charge is -2.05. The van der Waals surface area contributed by atoms with Crippen LogP contribution in [0.25, 0.3) is 17.1 Å². The Hall–Kier alpha value is -2.68. The summed E-state index contributed by atoms with van der Waals surface area (Å²) in [6.07, 6.45) is 1.01. The molecule has 3 heterocycles. The first-order valence-corrected chi connectivity index (χ1v) is 7.64. The molecule has 0 fully saturated rings. The third-order valence-corrected chi connectivity index (χ3v) is 3.81. The van der Waals surface area contributed by atoms with Gasteiger partial charge in [0.05, 0.1) is 5.57 Å². The van der Waals surface area contributed by atoms with Gasteiger partial charge >= 0.3 is 6.18 Å². The summed E-state index contributed by atoms with van der Waals surface area (Å²) < 4.78 is 40.8. The van der Waals surface area contributed by atoms with Crippen LogP contribution in [0, 0.1) is 0 Å². The van der Waals surface area contributed by atoms with Gasteiger partial charge in [-0.25, -0.2) is 10.4 Å². The minimum atomic E-state index is -4.72. The number of carbonyl (C=O) groups excluding carboxylic acids is 1. The van der Waals surface area contributed by atoms with Crippen LogP contribution < -0.4 is 5.43 Å². The summed E-state index contributed by atoms with van der Waals surface area (Å²) in [6, 6.07) is 3.41. The Kier molecular flexibility index (Phi) is 4.58. The van der Waals surface area contributed by atoms with E-state index in [1.807, 2.05) is 5.43 Å².